The van der Waals surface area contributed by atoms with E-state index in [0.29, 0.717) is 12.8 Å². The Morgan fingerprint density at radius 2 is 0.641 bits per heavy atom. The highest BCUT2D eigenvalue weighted by atomic mass is 16.3. The summed E-state index contributed by atoms with van der Waals surface area (Å²) in [5, 5.41) is 33.7. The van der Waals surface area contributed by atoms with Crippen LogP contribution in [-0.2, 0) is 4.79 Å². The zero-order valence-corrected chi connectivity index (χ0v) is 43.2. The fourth-order valence-electron chi connectivity index (χ4n) is 9.00. The second-order valence-corrected chi connectivity index (χ2v) is 19.8. The Morgan fingerprint density at radius 3 is 0.953 bits per heavy atom. The maximum absolute atomic E-state index is 12.5. The predicted molar refractivity (Wildman–Crippen MR) is 282 cm³/mol. The summed E-state index contributed by atoms with van der Waals surface area (Å²) in [5.41, 5.74) is 0. The number of rotatable bonds is 53. The van der Waals surface area contributed by atoms with Gasteiger partial charge < -0.3 is 20.6 Å². The number of hydrogen-bond donors (Lipinski definition) is 4. The lowest BCUT2D eigenvalue weighted by molar-refractivity contribution is -0.124. The lowest BCUT2D eigenvalue weighted by Gasteiger charge is -2.26. The van der Waals surface area contributed by atoms with Gasteiger partial charge in [-0.3, -0.25) is 4.79 Å². The van der Waals surface area contributed by atoms with E-state index in [1.54, 1.807) is 0 Å². The van der Waals surface area contributed by atoms with Crippen molar-refractivity contribution in [2.75, 3.05) is 6.61 Å². The lowest BCUT2D eigenvalue weighted by atomic mass is 10.0. The molecule has 5 heteroatoms. The van der Waals surface area contributed by atoms with Crippen molar-refractivity contribution in [2.45, 2.75) is 327 Å². The first-order valence-corrected chi connectivity index (χ1v) is 28.8. The van der Waals surface area contributed by atoms with Crippen LogP contribution >= 0.6 is 0 Å². The van der Waals surface area contributed by atoms with E-state index in [-0.39, 0.29) is 12.5 Å². The van der Waals surface area contributed by atoms with E-state index in [0.717, 1.165) is 44.9 Å². The third kappa shape index (κ3) is 48.5. The van der Waals surface area contributed by atoms with Crippen molar-refractivity contribution >= 4 is 5.91 Å². The molecule has 0 saturated heterocycles. The minimum Gasteiger partial charge on any atom is -0.394 e. The van der Waals surface area contributed by atoms with Gasteiger partial charge in [-0.15, -0.1) is 0 Å². The van der Waals surface area contributed by atoms with Crippen LogP contribution in [0, 0.1) is 0 Å². The fourth-order valence-corrected chi connectivity index (χ4v) is 9.00. The molecule has 0 aromatic rings. The molecule has 0 rings (SSSR count). The van der Waals surface area contributed by atoms with E-state index >= 15 is 0 Å². The molecular formula is C59H113NO4. The molecule has 5 nitrogen and oxygen atoms in total. The maximum Gasteiger partial charge on any atom is 0.220 e. The number of aliphatic hydroxyl groups excluding tert-OH is 3. The molecule has 0 aliphatic rings. The van der Waals surface area contributed by atoms with Crippen molar-refractivity contribution in [3.63, 3.8) is 0 Å². The molecule has 378 valence electrons. The number of hydrogen-bond acceptors (Lipinski definition) is 4. The molecule has 64 heavy (non-hydrogen) atoms. The average molecular weight is 901 g/mol. The van der Waals surface area contributed by atoms with E-state index in [2.05, 4.69) is 55.6 Å². The lowest BCUT2D eigenvalue weighted by Crippen LogP contribution is -2.50. The van der Waals surface area contributed by atoms with Gasteiger partial charge in [-0.25, -0.2) is 0 Å². The smallest absolute Gasteiger partial charge is 0.220 e. The van der Waals surface area contributed by atoms with Crippen LogP contribution < -0.4 is 5.32 Å². The molecule has 0 saturated carbocycles. The highest BCUT2D eigenvalue weighted by Gasteiger charge is 2.26. The Morgan fingerprint density at radius 1 is 0.375 bits per heavy atom. The Hall–Kier alpha value is -1.43. The first-order chi connectivity index (χ1) is 31.6. The van der Waals surface area contributed by atoms with Gasteiger partial charge in [0.25, 0.3) is 0 Å². The third-order valence-electron chi connectivity index (χ3n) is 13.4. The largest absolute Gasteiger partial charge is 0.394 e. The summed E-state index contributed by atoms with van der Waals surface area (Å²) >= 11 is 0. The van der Waals surface area contributed by atoms with Crippen LogP contribution in [0.4, 0.5) is 0 Å². The van der Waals surface area contributed by atoms with Gasteiger partial charge in [-0.1, -0.05) is 262 Å². The number of carbonyl (C=O) groups excluding carboxylic acids is 1. The summed E-state index contributed by atoms with van der Waals surface area (Å²) in [5.74, 6) is -0.155. The number of amides is 1. The minimum absolute atomic E-state index is 0.155. The Balaban J connectivity index is 3.58. The number of allylic oxidation sites excluding steroid dienone is 6. The van der Waals surface area contributed by atoms with E-state index in [4.69, 9.17) is 0 Å². The number of aliphatic hydroxyl groups is 3. The van der Waals surface area contributed by atoms with Crippen LogP contribution in [0.3, 0.4) is 0 Å². The monoisotopic (exact) mass is 900 g/mol. The first-order valence-electron chi connectivity index (χ1n) is 28.8. The molecule has 3 atom stereocenters. The van der Waals surface area contributed by atoms with Gasteiger partial charge in [0.15, 0.2) is 0 Å². The van der Waals surface area contributed by atoms with Crippen LogP contribution in [0.25, 0.3) is 0 Å². The summed E-state index contributed by atoms with van der Waals surface area (Å²) in [6, 6.07) is -0.833. The van der Waals surface area contributed by atoms with Crippen LogP contribution in [0.1, 0.15) is 309 Å². The van der Waals surface area contributed by atoms with E-state index in [1.807, 2.05) is 0 Å². The Bertz CT molecular complexity index is 993. The number of unbranched alkanes of at least 4 members (excludes halogenated alkanes) is 39. The molecule has 0 radical (unpaired) electrons. The number of nitrogens with one attached hydrogen (secondary N) is 1. The fraction of sp³-hybridized carbons (Fsp3) is 0.881. The summed E-state index contributed by atoms with van der Waals surface area (Å²) < 4.78 is 0. The second kappa shape index (κ2) is 54.2. The first kappa shape index (κ1) is 62.6. The molecule has 1 amide bonds. The molecule has 0 aromatic heterocycles. The van der Waals surface area contributed by atoms with Crippen LogP contribution in [0.15, 0.2) is 36.5 Å². The Kier molecular flexibility index (Phi) is 53.0. The molecule has 0 bridgehead atoms. The second-order valence-electron chi connectivity index (χ2n) is 19.8. The highest BCUT2D eigenvalue weighted by Crippen LogP contribution is 2.17. The maximum atomic E-state index is 12.5. The molecule has 0 heterocycles. The van der Waals surface area contributed by atoms with E-state index in [9.17, 15) is 20.1 Å². The summed E-state index contributed by atoms with van der Waals surface area (Å²) in [7, 11) is 0. The molecular weight excluding hydrogens is 787 g/mol. The van der Waals surface area contributed by atoms with Gasteiger partial charge in [0.2, 0.25) is 5.91 Å². The summed E-state index contributed by atoms with van der Waals surface area (Å²) in [6.45, 7) is 4.20. The normalized spacial score (nSPS) is 13.5. The third-order valence-corrected chi connectivity index (χ3v) is 13.4. The van der Waals surface area contributed by atoms with Crippen molar-refractivity contribution in [3.05, 3.63) is 36.5 Å². The summed E-state index contributed by atoms with van der Waals surface area (Å²) in [4.78, 5) is 12.5. The van der Waals surface area contributed by atoms with Gasteiger partial charge in [0.05, 0.1) is 18.8 Å². The topological polar surface area (TPSA) is 89.8 Å². The van der Waals surface area contributed by atoms with Crippen LogP contribution in [0.5, 0.6) is 0 Å². The van der Waals surface area contributed by atoms with Crippen molar-refractivity contribution in [1.82, 2.24) is 5.32 Å². The predicted octanol–water partition coefficient (Wildman–Crippen LogP) is 17.8. The highest BCUT2D eigenvalue weighted by molar-refractivity contribution is 5.76. The van der Waals surface area contributed by atoms with Crippen LogP contribution in [-0.4, -0.2) is 46.1 Å². The van der Waals surface area contributed by atoms with Gasteiger partial charge in [-0.05, 0) is 77.0 Å². The van der Waals surface area contributed by atoms with Crippen molar-refractivity contribution in [3.8, 4) is 0 Å². The molecule has 0 fully saturated rings. The quantitative estimate of drug-likeness (QED) is 0.0362. The van der Waals surface area contributed by atoms with Crippen molar-refractivity contribution < 1.29 is 20.1 Å². The van der Waals surface area contributed by atoms with Gasteiger partial charge in [0.1, 0.15) is 6.10 Å². The Labute approximate surface area is 400 Å². The zero-order chi connectivity index (χ0) is 46.5. The van der Waals surface area contributed by atoms with Crippen LogP contribution in [0.2, 0.25) is 0 Å². The van der Waals surface area contributed by atoms with E-state index < -0.39 is 18.2 Å². The SMILES string of the molecule is CCCCCCCCCCCCCC/C=C\CCCCCCCCCCCCCCC(=O)NC(CO)C(O)C(O)CCC/C=C/CC/C=C/CCCCCCCCCCCCCCC. The molecule has 0 aromatic carbocycles. The molecule has 0 spiro atoms. The summed E-state index contributed by atoms with van der Waals surface area (Å²) in [6.07, 6.45) is 70.2. The van der Waals surface area contributed by atoms with Crippen molar-refractivity contribution in [2.24, 2.45) is 0 Å². The van der Waals surface area contributed by atoms with Gasteiger partial charge in [-0.2, -0.15) is 0 Å². The standard InChI is InChI=1S/C59H113NO4/c1-3-5-7-9-11-13-15-17-19-21-23-25-27-28-29-30-31-32-34-36-38-40-42-44-46-48-50-52-54-58(63)60-56(55-61)59(64)57(62)53-51-49-47-45-43-41-39-37-35-33-26-24-22-20-18-16-14-12-10-8-6-4-2/h28-29,37,39,45,47,56-57,59,61-62,64H,3-27,30-36,38,40-44,46,48-55H2,1-2H3,(H,60,63)/b29-28-,39-37+,47-45+. The van der Waals surface area contributed by atoms with Crippen molar-refractivity contribution in [1.29, 1.82) is 0 Å². The van der Waals surface area contributed by atoms with Gasteiger partial charge >= 0.3 is 0 Å². The minimum atomic E-state index is -1.17. The van der Waals surface area contributed by atoms with Gasteiger partial charge in [0, 0.05) is 6.42 Å². The molecule has 0 aliphatic carbocycles. The molecule has 4 N–H and O–H groups in total. The molecule has 0 aliphatic heterocycles. The van der Waals surface area contributed by atoms with E-state index in [1.165, 1.54) is 238 Å². The number of carbonyl (C=O) groups is 1. The average Bonchev–Trinajstić information content (AvgIpc) is 3.30. The zero-order valence-electron chi connectivity index (χ0n) is 43.2. The molecule has 3 unspecified atom stereocenters.